The molecule has 0 N–H and O–H groups in total. The summed E-state index contributed by atoms with van der Waals surface area (Å²) < 4.78 is 35.7. The molecule has 0 bridgehead atoms. The van der Waals surface area contributed by atoms with E-state index in [-0.39, 0.29) is 17.0 Å². The highest BCUT2D eigenvalue weighted by Crippen LogP contribution is 2.31. The molecule has 0 saturated heterocycles. The molecule has 0 spiro atoms. The molecule has 4 atom stereocenters. The molecule has 2 unspecified atom stereocenters. The van der Waals surface area contributed by atoms with Gasteiger partial charge >= 0.3 is 0 Å². The molecule has 7 heteroatoms. The molecule has 2 aromatic carbocycles. The standard InChI is InChI=1S/C35H54O7/c1-13-37-25(5)41-23(3)31-19-27(21-39-34(7,8)9)15-17-29(31)33(36)30-18-16-28(22-40-35(10,11)12)20-32(30)24(4)42-26(6)38-14-2/h15-20,23-26H,13-14,21-22H2,1-12H3/t23-,24-,25?,26?/m1/s1. The largest absolute Gasteiger partial charge is 0.371 e. The van der Waals surface area contributed by atoms with Crippen LogP contribution in [0.1, 0.15) is 133 Å². The lowest BCUT2D eigenvalue weighted by molar-refractivity contribution is -0.154. The maximum atomic E-state index is 14.3. The lowest BCUT2D eigenvalue weighted by atomic mass is 9.89. The van der Waals surface area contributed by atoms with E-state index in [9.17, 15) is 4.79 Å². The summed E-state index contributed by atoms with van der Waals surface area (Å²) in [6.45, 7) is 25.5. The van der Waals surface area contributed by atoms with Crippen molar-refractivity contribution in [2.24, 2.45) is 0 Å². The molecule has 0 saturated carbocycles. The van der Waals surface area contributed by atoms with E-state index in [0.717, 1.165) is 22.3 Å². The number of hydrogen-bond acceptors (Lipinski definition) is 7. The smallest absolute Gasteiger partial charge is 0.193 e. The molecular weight excluding hydrogens is 532 g/mol. The lowest BCUT2D eigenvalue weighted by Crippen LogP contribution is -2.21. The zero-order valence-electron chi connectivity index (χ0n) is 28.0. The molecule has 2 rings (SSSR count). The van der Waals surface area contributed by atoms with Crippen molar-refractivity contribution in [3.05, 3.63) is 69.8 Å². The van der Waals surface area contributed by atoms with Crippen LogP contribution in [0.3, 0.4) is 0 Å². The van der Waals surface area contributed by atoms with Crippen LogP contribution in [0.25, 0.3) is 0 Å². The Balaban J connectivity index is 2.57. The third-order valence-corrected chi connectivity index (χ3v) is 6.54. The first-order valence-electron chi connectivity index (χ1n) is 15.2. The number of carbonyl (C=O) groups excluding carboxylic acids is 1. The van der Waals surface area contributed by atoms with Crippen LogP contribution in [0.2, 0.25) is 0 Å². The van der Waals surface area contributed by atoms with Crippen molar-refractivity contribution >= 4 is 5.78 Å². The fourth-order valence-corrected chi connectivity index (χ4v) is 4.50. The van der Waals surface area contributed by atoms with Crippen LogP contribution in [0.4, 0.5) is 0 Å². The number of hydrogen-bond donors (Lipinski definition) is 0. The quantitative estimate of drug-likeness (QED) is 0.144. The first-order chi connectivity index (χ1) is 19.5. The maximum Gasteiger partial charge on any atom is 0.193 e. The van der Waals surface area contributed by atoms with Gasteiger partial charge in [0.2, 0.25) is 0 Å². The lowest BCUT2D eigenvalue weighted by Gasteiger charge is -2.25. The molecule has 0 aliphatic heterocycles. The average Bonchev–Trinajstić information content (AvgIpc) is 2.89. The van der Waals surface area contributed by atoms with E-state index >= 15 is 0 Å². The number of rotatable bonds is 16. The Hall–Kier alpha value is -2.13. The second-order valence-corrected chi connectivity index (χ2v) is 12.6. The van der Waals surface area contributed by atoms with Crippen LogP contribution in [-0.4, -0.2) is 42.8 Å². The van der Waals surface area contributed by atoms with E-state index in [1.54, 1.807) is 0 Å². The number of ether oxygens (including phenoxy) is 6. The highest BCUT2D eigenvalue weighted by molar-refractivity contribution is 6.11. The molecule has 2 aromatic rings. The first kappa shape index (κ1) is 36.1. The van der Waals surface area contributed by atoms with Gasteiger partial charge in [0.05, 0.1) is 36.6 Å². The maximum absolute atomic E-state index is 14.3. The van der Waals surface area contributed by atoms with Gasteiger partial charge in [-0.25, -0.2) is 0 Å². The minimum atomic E-state index is -0.423. The summed E-state index contributed by atoms with van der Waals surface area (Å²) in [6.07, 6.45) is -1.63. The SMILES string of the molecule is CCOC(C)O[C@H](C)c1cc(COC(C)(C)C)ccc1C(=O)c1ccc(COC(C)(C)C)cc1[C@@H](C)OC(C)OCC. The summed E-state index contributed by atoms with van der Waals surface area (Å²) in [7, 11) is 0. The van der Waals surface area contributed by atoms with Gasteiger partial charge in [-0.15, -0.1) is 0 Å². The highest BCUT2D eigenvalue weighted by atomic mass is 16.7. The van der Waals surface area contributed by atoms with Gasteiger partial charge in [0.1, 0.15) is 0 Å². The van der Waals surface area contributed by atoms with Gasteiger partial charge in [0.25, 0.3) is 0 Å². The summed E-state index contributed by atoms with van der Waals surface area (Å²) in [4.78, 5) is 14.3. The molecule has 0 amide bonds. The Kier molecular flexibility index (Phi) is 13.8. The van der Waals surface area contributed by atoms with Crippen molar-refractivity contribution in [1.29, 1.82) is 0 Å². The predicted molar refractivity (Wildman–Crippen MR) is 167 cm³/mol. The third-order valence-electron chi connectivity index (χ3n) is 6.54. The summed E-state index contributed by atoms with van der Waals surface area (Å²) in [5.74, 6) is -0.106. The molecule has 42 heavy (non-hydrogen) atoms. The molecule has 236 valence electrons. The summed E-state index contributed by atoms with van der Waals surface area (Å²) in [5.41, 5.74) is 4.05. The topological polar surface area (TPSA) is 72.5 Å². The zero-order chi connectivity index (χ0) is 31.7. The fraction of sp³-hybridized carbons (Fsp3) is 0.629. The Morgan fingerprint density at radius 3 is 1.31 bits per heavy atom. The van der Waals surface area contributed by atoms with Gasteiger partial charge in [0.15, 0.2) is 18.4 Å². The van der Waals surface area contributed by atoms with Gasteiger partial charge in [-0.1, -0.05) is 36.4 Å². The number of carbonyl (C=O) groups is 1. The second kappa shape index (κ2) is 16.1. The van der Waals surface area contributed by atoms with Gasteiger partial charge in [-0.3, -0.25) is 4.79 Å². The van der Waals surface area contributed by atoms with Crippen LogP contribution < -0.4 is 0 Å². The van der Waals surface area contributed by atoms with Crippen LogP contribution >= 0.6 is 0 Å². The van der Waals surface area contributed by atoms with Crippen LogP contribution in [0.15, 0.2) is 36.4 Å². The molecule has 0 aromatic heterocycles. The molecule has 7 nitrogen and oxygen atoms in total. The van der Waals surface area contributed by atoms with Crippen LogP contribution in [0, 0.1) is 0 Å². The molecular formula is C35H54O7. The van der Waals surface area contributed by atoms with E-state index in [1.807, 2.05) is 119 Å². The zero-order valence-corrected chi connectivity index (χ0v) is 28.0. The molecule has 0 heterocycles. The second-order valence-electron chi connectivity index (χ2n) is 12.6. The minimum Gasteiger partial charge on any atom is -0.371 e. The van der Waals surface area contributed by atoms with Crippen molar-refractivity contribution in [2.45, 2.75) is 132 Å². The predicted octanol–water partition coefficient (Wildman–Crippen LogP) is 8.47. The van der Waals surface area contributed by atoms with Gasteiger partial charge in [-0.05, 0) is 105 Å². The Morgan fingerprint density at radius 1 is 0.643 bits per heavy atom. The number of benzene rings is 2. The van der Waals surface area contributed by atoms with Crippen molar-refractivity contribution < 1.29 is 33.2 Å². The molecule has 0 aliphatic carbocycles. The van der Waals surface area contributed by atoms with Crippen LogP contribution in [0.5, 0.6) is 0 Å². The van der Waals surface area contributed by atoms with Crippen molar-refractivity contribution in [3.8, 4) is 0 Å². The summed E-state index contributed by atoms with van der Waals surface area (Å²) in [6, 6.07) is 11.7. The molecule has 0 radical (unpaired) electrons. The third kappa shape index (κ3) is 11.9. The average molecular weight is 587 g/mol. The summed E-state index contributed by atoms with van der Waals surface area (Å²) >= 11 is 0. The Morgan fingerprint density at radius 2 is 1.00 bits per heavy atom. The van der Waals surface area contributed by atoms with E-state index in [1.165, 1.54) is 0 Å². The van der Waals surface area contributed by atoms with E-state index in [4.69, 9.17) is 28.4 Å². The van der Waals surface area contributed by atoms with Crippen molar-refractivity contribution in [2.75, 3.05) is 13.2 Å². The van der Waals surface area contributed by atoms with E-state index in [2.05, 4.69) is 0 Å². The normalized spacial score (nSPS) is 15.3. The van der Waals surface area contributed by atoms with Gasteiger partial charge < -0.3 is 28.4 Å². The summed E-state index contributed by atoms with van der Waals surface area (Å²) in [5, 5.41) is 0. The minimum absolute atomic E-state index is 0.106. The molecule has 0 aliphatic rings. The van der Waals surface area contributed by atoms with E-state index in [0.29, 0.717) is 37.6 Å². The highest BCUT2D eigenvalue weighted by Gasteiger charge is 2.25. The van der Waals surface area contributed by atoms with Gasteiger partial charge in [-0.2, -0.15) is 0 Å². The fourth-order valence-electron chi connectivity index (χ4n) is 4.50. The number of ketones is 1. The monoisotopic (exact) mass is 586 g/mol. The van der Waals surface area contributed by atoms with Gasteiger partial charge in [0, 0.05) is 24.3 Å². The first-order valence-corrected chi connectivity index (χ1v) is 15.2. The molecule has 0 fully saturated rings. The van der Waals surface area contributed by atoms with Crippen LogP contribution in [-0.2, 0) is 41.6 Å². The Labute approximate surface area is 254 Å². The van der Waals surface area contributed by atoms with Crippen molar-refractivity contribution in [3.63, 3.8) is 0 Å². The van der Waals surface area contributed by atoms with E-state index < -0.39 is 24.8 Å². The van der Waals surface area contributed by atoms with Crippen molar-refractivity contribution in [1.82, 2.24) is 0 Å². The Bertz CT molecular complexity index is 1040.